The average molecular weight is 274 g/mol. The molecule has 0 radical (unpaired) electrons. The minimum Gasteiger partial charge on any atom is -0.369 e. The maximum absolute atomic E-state index is 3.48. The molecule has 1 aromatic carbocycles. The van der Waals surface area contributed by atoms with Crippen LogP contribution in [0, 0.1) is 0 Å². The Hall–Kier alpha value is -1.02. The molecule has 2 nitrogen and oxygen atoms in total. The van der Waals surface area contributed by atoms with E-state index in [1.54, 1.807) is 0 Å². The Balaban J connectivity index is 2.00. The fourth-order valence-corrected chi connectivity index (χ4v) is 3.10. The van der Waals surface area contributed by atoms with Crippen LogP contribution in [-0.2, 0) is 6.54 Å². The van der Waals surface area contributed by atoms with E-state index in [1.807, 2.05) is 0 Å². The van der Waals surface area contributed by atoms with Crippen molar-refractivity contribution in [2.24, 2.45) is 0 Å². The summed E-state index contributed by atoms with van der Waals surface area (Å²) in [5.41, 5.74) is 2.79. The minimum atomic E-state index is 0.547. The SMILES string of the molecule is CCCC1CCCCN1c1ccc(CNC(C)C)cc1. The monoisotopic (exact) mass is 274 g/mol. The summed E-state index contributed by atoms with van der Waals surface area (Å²) in [6.07, 6.45) is 6.73. The van der Waals surface area contributed by atoms with Crippen molar-refractivity contribution in [3.05, 3.63) is 29.8 Å². The maximum Gasteiger partial charge on any atom is 0.0368 e. The van der Waals surface area contributed by atoms with Gasteiger partial charge in [-0.05, 0) is 43.4 Å². The zero-order valence-corrected chi connectivity index (χ0v) is 13.4. The summed E-state index contributed by atoms with van der Waals surface area (Å²) in [6, 6.07) is 10.5. The number of hydrogen-bond donors (Lipinski definition) is 1. The number of anilines is 1. The van der Waals surface area contributed by atoms with E-state index in [9.17, 15) is 0 Å². The lowest BCUT2D eigenvalue weighted by Crippen LogP contribution is -2.39. The summed E-state index contributed by atoms with van der Waals surface area (Å²) >= 11 is 0. The lowest BCUT2D eigenvalue weighted by atomic mass is 9.97. The first-order chi connectivity index (χ1) is 9.70. The molecule has 20 heavy (non-hydrogen) atoms. The lowest BCUT2D eigenvalue weighted by Gasteiger charge is -2.37. The van der Waals surface area contributed by atoms with E-state index in [0.717, 1.165) is 12.6 Å². The van der Waals surface area contributed by atoms with Crippen molar-refractivity contribution in [1.29, 1.82) is 0 Å². The van der Waals surface area contributed by atoms with Crippen molar-refractivity contribution in [2.75, 3.05) is 11.4 Å². The van der Waals surface area contributed by atoms with E-state index in [4.69, 9.17) is 0 Å². The van der Waals surface area contributed by atoms with Crippen molar-refractivity contribution in [1.82, 2.24) is 5.32 Å². The highest BCUT2D eigenvalue weighted by Crippen LogP contribution is 2.27. The predicted octanol–water partition coefficient (Wildman–Crippen LogP) is 4.34. The molecule has 2 rings (SSSR count). The molecule has 1 heterocycles. The van der Waals surface area contributed by atoms with Crippen molar-refractivity contribution in [3.8, 4) is 0 Å². The van der Waals surface area contributed by atoms with E-state index >= 15 is 0 Å². The van der Waals surface area contributed by atoms with Gasteiger partial charge in [-0.15, -0.1) is 0 Å². The molecule has 1 aliphatic rings. The van der Waals surface area contributed by atoms with E-state index in [1.165, 1.54) is 49.9 Å². The van der Waals surface area contributed by atoms with Crippen LogP contribution >= 0.6 is 0 Å². The van der Waals surface area contributed by atoms with E-state index in [2.05, 4.69) is 55.3 Å². The molecule has 0 saturated carbocycles. The molecule has 0 aliphatic carbocycles. The number of benzene rings is 1. The molecule has 1 atom stereocenters. The normalized spacial score (nSPS) is 19.6. The summed E-state index contributed by atoms with van der Waals surface area (Å²) in [4.78, 5) is 2.63. The second kappa shape index (κ2) is 7.68. The summed E-state index contributed by atoms with van der Waals surface area (Å²) < 4.78 is 0. The second-order valence-electron chi connectivity index (χ2n) is 6.33. The maximum atomic E-state index is 3.48. The molecular formula is C18H30N2. The number of hydrogen-bond acceptors (Lipinski definition) is 2. The highest BCUT2D eigenvalue weighted by molar-refractivity contribution is 5.49. The van der Waals surface area contributed by atoms with Crippen molar-refractivity contribution in [2.45, 2.75) is 71.5 Å². The van der Waals surface area contributed by atoms with Gasteiger partial charge in [0.25, 0.3) is 0 Å². The molecule has 1 unspecified atom stereocenters. The molecule has 0 aromatic heterocycles. The third kappa shape index (κ3) is 4.24. The van der Waals surface area contributed by atoms with Crippen LogP contribution in [0.25, 0.3) is 0 Å². The highest BCUT2D eigenvalue weighted by Gasteiger charge is 2.21. The Bertz CT molecular complexity index is 381. The quantitative estimate of drug-likeness (QED) is 0.830. The van der Waals surface area contributed by atoms with Crippen LogP contribution in [0.5, 0.6) is 0 Å². The lowest BCUT2D eigenvalue weighted by molar-refractivity contribution is 0.435. The van der Waals surface area contributed by atoms with E-state index in [-0.39, 0.29) is 0 Å². The smallest absolute Gasteiger partial charge is 0.0368 e. The van der Waals surface area contributed by atoms with Gasteiger partial charge in [0, 0.05) is 30.9 Å². The van der Waals surface area contributed by atoms with Gasteiger partial charge in [0.1, 0.15) is 0 Å². The zero-order valence-electron chi connectivity index (χ0n) is 13.4. The molecule has 1 fully saturated rings. The van der Waals surface area contributed by atoms with E-state index < -0.39 is 0 Å². The van der Waals surface area contributed by atoms with Gasteiger partial charge < -0.3 is 10.2 Å². The fourth-order valence-electron chi connectivity index (χ4n) is 3.10. The summed E-state index contributed by atoms with van der Waals surface area (Å²) in [6.45, 7) is 8.88. The van der Waals surface area contributed by atoms with Gasteiger partial charge in [-0.25, -0.2) is 0 Å². The Kier molecular flexibility index (Phi) is 5.90. The molecule has 112 valence electrons. The van der Waals surface area contributed by atoms with Gasteiger partial charge in [-0.3, -0.25) is 0 Å². The molecule has 0 spiro atoms. The van der Waals surface area contributed by atoms with Gasteiger partial charge >= 0.3 is 0 Å². The topological polar surface area (TPSA) is 15.3 Å². The summed E-state index contributed by atoms with van der Waals surface area (Å²) in [5, 5.41) is 3.48. The number of piperidine rings is 1. The molecule has 0 bridgehead atoms. The van der Waals surface area contributed by atoms with Crippen molar-refractivity contribution in [3.63, 3.8) is 0 Å². The molecule has 0 amide bonds. The van der Waals surface area contributed by atoms with Crippen molar-refractivity contribution < 1.29 is 0 Å². The van der Waals surface area contributed by atoms with Gasteiger partial charge in [0.05, 0.1) is 0 Å². The van der Waals surface area contributed by atoms with Crippen LogP contribution in [0.4, 0.5) is 5.69 Å². The highest BCUT2D eigenvalue weighted by atomic mass is 15.2. The standard InChI is InChI=1S/C18H30N2/c1-4-7-17-8-5-6-13-20(17)18-11-9-16(10-12-18)14-19-15(2)3/h9-12,15,17,19H,4-8,13-14H2,1-3H3. The van der Waals surface area contributed by atoms with Crippen LogP contribution < -0.4 is 10.2 Å². The second-order valence-corrected chi connectivity index (χ2v) is 6.33. The molecule has 2 heteroatoms. The summed E-state index contributed by atoms with van der Waals surface area (Å²) in [5.74, 6) is 0. The Morgan fingerprint density at radius 3 is 2.60 bits per heavy atom. The van der Waals surface area contributed by atoms with Gasteiger partial charge in [0.2, 0.25) is 0 Å². The number of rotatable bonds is 6. The molecule has 1 N–H and O–H groups in total. The minimum absolute atomic E-state index is 0.547. The summed E-state index contributed by atoms with van der Waals surface area (Å²) in [7, 11) is 0. The Morgan fingerprint density at radius 1 is 1.20 bits per heavy atom. The zero-order chi connectivity index (χ0) is 14.4. The van der Waals surface area contributed by atoms with Crippen LogP contribution in [0.15, 0.2) is 24.3 Å². The van der Waals surface area contributed by atoms with E-state index in [0.29, 0.717) is 6.04 Å². The van der Waals surface area contributed by atoms with Gasteiger partial charge in [0.15, 0.2) is 0 Å². The first-order valence-electron chi connectivity index (χ1n) is 8.29. The Labute approximate surface area is 124 Å². The van der Waals surface area contributed by atoms with Crippen LogP contribution in [-0.4, -0.2) is 18.6 Å². The van der Waals surface area contributed by atoms with Gasteiger partial charge in [-0.1, -0.05) is 39.3 Å². The third-order valence-corrected chi connectivity index (χ3v) is 4.23. The molecular weight excluding hydrogens is 244 g/mol. The van der Waals surface area contributed by atoms with Crippen LogP contribution in [0.2, 0.25) is 0 Å². The van der Waals surface area contributed by atoms with Crippen LogP contribution in [0.3, 0.4) is 0 Å². The largest absolute Gasteiger partial charge is 0.369 e. The molecule has 1 aliphatic heterocycles. The first-order valence-corrected chi connectivity index (χ1v) is 8.29. The fraction of sp³-hybridized carbons (Fsp3) is 0.667. The number of nitrogens with one attached hydrogen (secondary N) is 1. The van der Waals surface area contributed by atoms with Crippen LogP contribution in [0.1, 0.15) is 58.4 Å². The molecule has 1 aromatic rings. The molecule has 1 saturated heterocycles. The third-order valence-electron chi connectivity index (χ3n) is 4.23. The van der Waals surface area contributed by atoms with Crippen molar-refractivity contribution >= 4 is 5.69 Å². The number of nitrogens with zero attached hydrogens (tertiary/aromatic N) is 1. The first kappa shape index (κ1) is 15.4. The Morgan fingerprint density at radius 2 is 1.95 bits per heavy atom. The predicted molar refractivity (Wildman–Crippen MR) is 88.3 cm³/mol. The average Bonchev–Trinajstić information content (AvgIpc) is 2.47. The van der Waals surface area contributed by atoms with Gasteiger partial charge in [-0.2, -0.15) is 0 Å².